The van der Waals surface area contributed by atoms with Gasteiger partial charge in [0, 0.05) is 6.20 Å². The Kier molecular flexibility index (Phi) is 3.02. The SMILES string of the molecule is COc1c(C(=O)c2cn[nH]c2)c(O)c(OC)c2occc12. The van der Waals surface area contributed by atoms with Crippen LogP contribution in [0.25, 0.3) is 11.0 Å². The summed E-state index contributed by atoms with van der Waals surface area (Å²) in [4.78, 5) is 12.6. The van der Waals surface area contributed by atoms with E-state index in [1.54, 1.807) is 6.07 Å². The molecule has 7 nitrogen and oxygen atoms in total. The van der Waals surface area contributed by atoms with E-state index in [4.69, 9.17) is 13.9 Å². The fourth-order valence-electron chi connectivity index (χ4n) is 2.26. The Labute approximate surface area is 119 Å². The number of nitrogens with zero attached hydrogens (tertiary/aromatic N) is 1. The van der Waals surface area contributed by atoms with E-state index in [2.05, 4.69) is 10.2 Å². The molecule has 0 radical (unpaired) electrons. The van der Waals surface area contributed by atoms with E-state index in [-0.39, 0.29) is 22.8 Å². The number of rotatable bonds is 4. The molecule has 2 heterocycles. The third-order valence-corrected chi connectivity index (χ3v) is 3.19. The quantitative estimate of drug-likeness (QED) is 0.713. The molecule has 2 N–H and O–H groups in total. The summed E-state index contributed by atoms with van der Waals surface area (Å²) in [5, 5.41) is 17.2. The summed E-state index contributed by atoms with van der Waals surface area (Å²) in [5.74, 6) is -0.451. The van der Waals surface area contributed by atoms with Gasteiger partial charge in [-0.3, -0.25) is 9.89 Å². The highest BCUT2D eigenvalue weighted by Gasteiger charge is 2.28. The van der Waals surface area contributed by atoms with Gasteiger partial charge in [0.1, 0.15) is 11.3 Å². The number of furan rings is 1. The molecular formula is C14H12N2O5. The number of aromatic nitrogens is 2. The standard InChI is InChI=1S/C14H12N2O5/c1-19-12-8-3-4-21-13(8)14(20-2)11(18)9(12)10(17)7-5-15-16-6-7/h3-6,18H,1-2H3,(H,15,16). The second-order valence-electron chi connectivity index (χ2n) is 4.27. The lowest BCUT2D eigenvalue weighted by Crippen LogP contribution is -2.05. The molecule has 0 spiro atoms. The summed E-state index contributed by atoms with van der Waals surface area (Å²) in [7, 11) is 2.80. The Hall–Kier alpha value is -2.96. The van der Waals surface area contributed by atoms with Gasteiger partial charge in [0.2, 0.25) is 11.5 Å². The zero-order chi connectivity index (χ0) is 15.0. The Balaban J connectivity index is 2.35. The molecule has 0 atom stereocenters. The average Bonchev–Trinajstić information content (AvgIpc) is 3.16. The van der Waals surface area contributed by atoms with Gasteiger partial charge in [-0.2, -0.15) is 5.10 Å². The number of carbonyl (C=O) groups is 1. The van der Waals surface area contributed by atoms with Crippen LogP contribution in [0.15, 0.2) is 29.1 Å². The first-order chi connectivity index (χ1) is 10.2. The highest BCUT2D eigenvalue weighted by atomic mass is 16.5. The van der Waals surface area contributed by atoms with Crippen molar-refractivity contribution in [3.8, 4) is 17.2 Å². The third kappa shape index (κ3) is 1.82. The molecule has 0 aliphatic carbocycles. The Bertz CT molecular complexity index is 804. The monoisotopic (exact) mass is 288 g/mol. The number of fused-ring (bicyclic) bond motifs is 1. The molecule has 21 heavy (non-hydrogen) atoms. The van der Waals surface area contributed by atoms with Crippen LogP contribution in [-0.4, -0.2) is 35.3 Å². The molecule has 3 aromatic rings. The first-order valence-corrected chi connectivity index (χ1v) is 6.06. The van der Waals surface area contributed by atoms with Crippen LogP contribution >= 0.6 is 0 Å². The van der Waals surface area contributed by atoms with Crippen molar-refractivity contribution in [1.82, 2.24) is 10.2 Å². The van der Waals surface area contributed by atoms with Crippen LogP contribution in [-0.2, 0) is 0 Å². The fraction of sp³-hybridized carbons (Fsp3) is 0.143. The number of hydrogen-bond donors (Lipinski definition) is 2. The van der Waals surface area contributed by atoms with Gasteiger partial charge in [-0.25, -0.2) is 0 Å². The lowest BCUT2D eigenvalue weighted by molar-refractivity contribution is 0.103. The van der Waals surface area contributed by atoms with Gasteiger partial charge in [0.25, 0.3) is 0 Å². The second kappa shape index (κ2) is 4.86. The van der Waals surface area contributed by atoms with E-state index in [0.29, 0.717) is 16.5 Å². The predicted octanol–water partition coefficient (Wildman–Crippen LogP) is 2.11. The van der Waals surface area contributed by atoms with Gasteiger partial charge in [-0.1, -0.05) is 0 Å². The predicted molar refractivity (Wildman–Crippen MR) is 73.0 cm³/mol. The van der Waals surface area contributed by atoms with Crippen molar-refractivity contribution in [3.63, 3.8) is 0 Å². The van der Waals surface area contributed by atoms with E-state index in [1.165, 1.54) is 32.9 Å². The molecule has 7 heteroatoms. The minimum atomic E-state index is -0.431. The van der Waals surface area contributed by atoms with Crippen LogP contribution in [0.3, 0.4) is 0 Å². The van der Waals surface area contributed by atoms with Crippen molar-refractivity contribution in [2.45, 2.75) is 0 Å². The maximum atomic E-state index is 12.6. The molecule has 108 valence electrons. The molecule has 3 rings (SSSR count). The zero-order valence-corrected chi connectivity index (χ0v) is 11.3. The van der Waals surface area contributed by atoms with Crippen molar-refractivity contribution < 1.29 is 23.8 Å². The van der Waals surface area contributed by atoms with Crippen LogP contribution in [0.1, 0.15) is 15.9 Å². The van der Waals surface area contributed by atoms with Gasteiger partial charge in [0.15, 0.2) is 11.3 Å². The highest BCUT2D eigenvalue weighted by Crippen LogP contribution is 2.46. The normalized spacial score (nSPS) is 10.8. The molecule has 0 aliphatic rings. The van der Waals surface area contributed by atoms with Gasteiger partial charge >= 0.3 is 0 Å². The summed E-state index contributed by atoms with van der Waals surface area (Å²) >= 11 is 0. The molecule has 0 aliphatic heterocycles. The average molecular weight is 288 g/mol. The van der Waals surface area contributed by atoms with Crippen LogP contribution in [0.5, 0.6) is 17.2 Å². The lowest BCUT2D eigenvalue weighted by Gasteiger charge is -2.13. The van der Waals surface area contributed by atoms with Crippen molar-refractivity contribution in [2.75, 3.05) is 14.2 Å². The molecule has 0 amide bonds. The summed E-state index contributed by atoms with van der Waals surface area (Å²) in [6, 6.07) is 1.64. The number of methoxy groups -OCH3 is 2. The fourth-order valence-corrected chi connectivity index (χ4v) is 2.26. The van der Waals surface area contributed by atoms with E-state index in [9.17, 15) is 9.90 Å². The molecule has 0 bridgehead atoms. The molecule has 0 saturated heterocycles. The van der Waals surface area contributed by atoms with Crippen molar-refractivity contribution in [2.24, 2.45) is 0 Å². The van der Waals surface area contributed by atoms with Gasteiger partial charge in [-0.05, 0) is 6.07 Å². The first-order valence-electron chi connectivity index (χ1n) is 6.06. The topological polar surface area (TPSA) is 97.6 Å². The van der Waals surface area contributed by atoms with E-state index < -0.39 is 5.78 Å². The molecule has 1 aromatic carbocycles. The number of phenolic OH excluding ortho intramolecular Hbond substituents is 1. The van der Waals surface area contributed by atoms with Crippen molar-refractivity contribution in [1.29, 1.82) is 0 Å². The van der Waals surface area contributed by atoms with Gasteiger partial charge in [0.05, 0.1) is 37.6 Å². The van der Waals surface area contributed by atoms with Gasteiger partial charge in [-0.15, -0.1) is 0 Å². The first kappa shape index (κ1) is 13.0. The van der Waals surface area contributed by atoms with Crippen LogP contribution in [0.4, 0.5) is 0 Å². The molecular weight excluding hydrogens is 276 g/mol. The number of H-pyrrole nitrogens is 1. The Morgan fingerprint density at radius 1 is 1.33 bits per heavy atom. The van der Waals surface area contributed by atoms with Gasteiger partial charge < -0.3 is 19.0 Å². The van der Waals surface area contributed by atoms with Crippen molar-refractivity contribution in [3.05, 3.63) is 35.9 Å². The number of hydrogen-bond acceptors (Lipinski definition) is 6. The number of ketones is 1. The number of carbonyl (C=O) groups excluding carboxylic acids is 1. The Morgan fingerprint density at radius 3 is 2.71 bits per heavy atom. The van der Waals surface area contributed by atoms with E-state index in [1.807, 2.05) is 0 Å². The number of aromatic amines is 1. The summed E-state index contributed by atoms with van der Waals surface area (Å²) in [6.45, 7) is 0. The molecule has 0 saturated carbocycles. The zero-order valence-electron chi connectivity index (χ0n) is 11.3. The molecule has 0 fully saturated rings. The van der Waals surface area contributed by atoms with Crippen molar-refractivity contribution >= 4 is 16.8 Å². The number of nitrogens with one attached hydrogen (secondary N) is 1. The smallest absolute Gasteiger partial charge is 0.205 e. The number of ether oxygens (including phenoxy) is 2. The molecule has 2 aromatic heterocycles. The minimum absolute atomic E-state index is 0.00431. The van der Waals surface area contributed by atoms with E-state index >= 15 is 0 Å². The minimum Gasteiger partial charge on any atom is -0.504 e. The highest BCUT2D eigenvalue weighted by molar-refractivity contribution is 6.16. The summed E-state index contributed by atoms with van der Waals surface area (Å²) in [6.07, 6.45) is 4.24. The number of benzene rings is 1. The number of phenols is 1. The number of aromatic hydroxyl groups is 1. The lowest BCUT2D eigenvalue weighted by atomic mass is 10.0. The van der Waals surface area contributed by atoms with Crippen LogP contribution < -0.4 is 9.47 Å². The van der Waals surface area contributed by atoms with Crippen LogP contribution in [0, 0.1) is 0 Å². The molecule has 0 unspecified atom stereocenters. The summed E-state index contributed by atoms with van der Waals surface area (Å²) in [5.41, 5.74) is 0.619. The maximum absolute atomic E-state index is 12.6. The second-order valence-corrected chi connectivity index (χ2v) is 4.27. The van der Waals surface area contributed by atoms with E-state index in [0.717, 1.165) is 0 Å². The largest absolute Gasteiger partial charge is 0.504 e. The Morgan fingerprint density at radius 2 is 2.10 bits per heavy atom. The third-order valence-electron chi connectivity index (χ3n) is 3.19. The maximum Gasteiger partial charge on any atom is 0.205 e. The summed E-state index contributed by atoms with van der Waals surface area (Å²) < 4.78 is 15.7. The van der Waals surface area contributed by atoms with Crippen LogP contribution in [0.2, 0.25) is 0 Å².